The lowest BCUT2D eigenvalue weighted by molar-refractivity contribution is 0.380. The number of hydrogen-bond donors (Lipinski definition) is 1. The van der Waals surface area contributed by atoms with Crippen molar-refractivity contribution in [1.82, 2.24) is 4.98 Å². The van der Waals surface area contributed by atoms with E-state index in [1.54, 1.807) is 0 Å². The minimum absolute atomic E-state index is 0.00133. The SMILES string of the molecule is Cc1nccc(-c2c(F)c(F)c(F)c(F)c2F)c1O. The van der Waals surface area contributed by atoms with Crippen molar-refractivity contribution in [2.75, 3.05) is 0 Å². The van der Waals surface area contributed by atoms with Crippen molar-refractivity contribution in [3.63, 3.8) is 0 Å². The van der Waals surface area contributed by atoms with Gasteiger partial charge in [-0.1, -0.05) is 0 Å². The molecule has 0 saturated carbocycles. The van der Waals surface area contributed by atoms with Crippen LogP contribution in [0.3, 0.4) is 0 Å². The monoisotopic (exact) mass is 275 g/mol. The predicted molar refractivity (Wildman–Crippen MR) is 55.9 cm³/mol. The molecule has 0 radical (unpaired) electrons. The molecule has 100 valence electrons. The van der Waals surface area contributed by atoms with Crippen LogP contribution < -0.4 is 0 Å². The van der Waals surface area contributed by atoms with Gasteiger partial charge in [-0.2, -0.15) is 0 Å². The zero-order valence-corrected chi connectivity index (χ0v) is 9.44. The minimum atomic E-state index is -2.25. The third-order valence-electron chi connectivity index (χ3n) is 2.59. The van der Waals surface area contributed by atoms with E-state index in [2.05, 4.69) is 4.98 Å². The van der Waals surface area contributed by atoms with Crippen LogP contribution in [-0.2, 0) is 0 Å². The Hall–Kier alpha value is -2.18. The van der Waals surface area contributed by atoms with E-state index in [1.807, 2.05) is 0 Å². The summed E-state index contributed by atoms with van der Waals surface area (Å²) in [5, 5.41) is 9.62. The van der Waals surface area contributed by atoms with Crippen molar-refractivity contribution in [3.05, 3.63) is 47.0 Å². The Morgan fingerprint density at radius 1 is 0.895 bits per heavy atom. The van der Waals surface area contributed by atoms with Crippen LogP contribution in [0, 0.1) is 36.0 Å². The fourth-order valence-electron chi connectivity index (χ4n) is 1.60. The molecular formula is C12H6F5NO. The maximum Gasteiger partial charge on any atom is 0.200 e. The Morgan fingerprint density at radius 3 is 1.89 bits per heavy atom. The molecule has 0 spiro atoms. The molecule has 1 aromatic carbocycles. The number of benzene rings is 1. The zero-order chi connectivity index (χ0) is 14.3. The quantitative estimate of drug-likeness (QED) is 0.491. The summed E-state index contributed by atoms with van der Waals surface area (Å²) in [6.45, 7) is 1.32. The van der Waals surface area contributed by atoms with E-state index in [1.165, 1.54) is 6.92 Å². The van der Waals surface area contributed by atoms with Gasteiger partial charge in [0.2, 0.25) is 5.82 Å². The summed E-state index contributed by atoms with van der Waals surface area (Å²) in [5.41, 5.74) is -1.69. The number of aromatic hydroxyl groups is 1. The molecule has 0 saturated heterocycles. The first-order valence-corrected chi connectivity index (χ1v) is 5.02. The summed E-state index contributed by atoms with van der Waals surface area (Å²) in [5.74, 6) is -11.0. The van der Waals surface area contributed by atoms with Gasteiger partial charge in [-0.05, 0) is 13.0 Å². The molecule has 0 atom stereocenters. The first kappa shape index (κ1) is 13.3. The molecule has 0 fully saturated rings. The Bertz CT molecular complexity index is 643. The van der Waals surface area contributed by atoms with E-state index >= 15 is 0 Å². The number of hydrogen-bond acceptors (Lipinski definition) is 2. The molecule has 2 aromatic rings. The summed E-state index contributed by atoms with van der Waals surface area (Å²) in [7, 11) is 0. The van der Waals surface area contributed by atoms with Gasteiger partial charge in [0.05, 0.1) is 11.3 Å². The average Bonchev–Trinajstić information content (AvgIpc) is 2.39. The van der Waals surface area contributed by atoms with E-state index in [0.29, 0.717) is 0 Å². The Balaban J connectivity index is 2.87. The van der Waals surface area contributed by atoms with Crippen molar-refractivity contribution in [1.29, 1.82) is 0 Å². The van der Waals surface area contributed by atoms with Crippen molar-refractivity contribution in [2.24, 2.45) is 0 Å². The van der Waals surface area contributed by atoms with Gasteiger partial charge in [0.25, 0.3) is 0 Å². The van der Waals surface area contributed by atoms with Gasteiger partial charge in [-0.3, -0.25) is 4.98 Å². The normalized spacial score (nSPS) is 10.8. The number of aromatic nitrogens is 1. The number of nitrogens with zero attached hydrogens (tertiary/aromatic N) is 1. The van der Waals surface area contributed by atoms with Crippen LogP contribution in [0.1, 0.15) is 5.69 Å². The Morgan fingerprint density at radius 2 is 1.37 bits per heavy atom. The fraction of sp³-hybridized carbons (Fsp3) is 0.0833. The van der Waals surface area contributed by atoms with Crippen molar-refractivity contribution < 1.29 is 27.1 Å². The molecule has 0 amide bonds. The topological polar surface area (TPSA) is 33.1 Å². The van der Waals surface area contributed by atoms with Crippen LogP contribution >= 0.6 is 0 Å². The number of aryl methyl sites for hydroxylation is 1. The standard InChI is InChI=1S/C12H6F5NO/c1-4-12(19)5(2-3-18-4)6-7(13)9(15)11(17)10(16)8(6)14/h2-3,19H,1H3. The Kier molecular flexibility index (Phi) is 3.13. The highest BCUT2D eigenvalue weighted by molar-refractivity contribution is 5.72. The molecule has 1 N–H and O–H groups in total. The molecule has 1 aromatic heterocycles. The van der Waals surface area contributed by atoms with E-state index in [-0.39, 0.29) is 5.69 Å². The molecule has 1 heterocycles. The molecule has 2 nitrogen and oxygen atoms in total. The molecule has 0 bridgehead atoms. The summed E-state index contributed by atoms with van der Waals surface area (Å²) >= 11 is 0. The van der Waals surface area contributed by atoms with E-state index < -0.39 is 46.0 Å². The maximum absolute atomic E-state index is 13.5. The lowest BCUT2D eigenvalue weighted by Crippen LogP contribution is -2.04. The lowest BCUT2D eigenvalue weighted by Gasteiger charge is -2.10. The second kappa shape index (κ2) is 4.49. The molecule has 0 unspecified atom stereocenters. The van der Waals surface area contributed by atoms with Gasteiger partial charge in [0.15, 0.2) is 23.3 Å². The van der Waals surface area contributed by atoms with Crippen molar-refractivity contribution in [3.8, 4) is 16.9 Å². The fourth-order valence-corrected chi connectivity index (χ4v) is 1.60. The molecule has 0 aliphatic heterocycles. The molecule has 19 heavy (non-hydrogen) atoms. The molecular weight excluding hydrogens is 269 g/mol. The summed E-state index contributed by atoms with van der Waals surface area (Å²) in [4.78, 5) is 3.63. The number of pyridine rings is 1. The summed E-state index contributed by atoms with van der Waals surface area (Å²) in [6.07, 6.45) is 1.09. The molecule has 7 heteroatoms. The van der Waals surface area contributed by atoms with Crippen LogP contribution in [0.2, 0.25) is 0 Å². The van der Waals surface area contributed by atoms with Gasteiger partial charge in [-0.15, -0.1) is 0 Å². The van der Waals surface area contributed by atoms with Crippen LogP contribution in [0.25, 0.3) is 11.1 Å². The van der Waals surface area contributed by atoms with Crippen LogP contribution in [0.15, 0.2) is 12.3 Å². The van der Waals surface area contributed by atoms with Gasteiger partial charge in [0, 0.05) is 11.8 Å². The predicted octanol–water partition coefficient (Wildman–Crippen LogP) is 3.46. The minimum Gasteiger partial charge on any atom is -0.505 e. The van der Waals surface area contributed by atoms with Gasteiger partial charge in [-0.25, -0.2) is 22.0 Å². The van der Waals surface area contributed by atoms with Crippen molar-refractivity contribution in [2.45, 2.75) is 6.92 Å². The van der Waals surface area contributed by atoms with E-state index in [0.717, 1.165) is 12.3 Å². The highest BCUT2D eigenvalue weighted by Crippen LogP contribution is 2.36. The smallest absolute Gasteiger partial charge is 0.200 e. The van der Waals surface area contributed by atoms with E-state index in [9.17, 15) is 27.1 Å². The third kappa shape index (κ3) is 1.91. The number of rotatable bonds is 1. The highest BCUT2D eigenvalue weighted by Gasteiger charge is 2.28. The van der Waals surface area contributed by atoms with E-state index in [4.69, 9.17) is 0 Å². The van der Waals surface area contributed by atoms with Gasteiger partial charge < -0.3 is 5.11 Å². The first-order chi connectivity index (χ1) is 8.86. The number of halogens is 5. The molecule has 0 aliphatic rings. The third-order valence-corrected chi connectivity index (χ3v) is 2.59. The largest absolute Gasteiger partial charge is 0.505 e. The van der Waals surface area contributed by atoms with Crippen LogP contribution in [-0.4, -0.2) is 10.1 Å². The van der Waals surface area contributed by atoms with Gasteiger partial charge in [0.1, 0.15) is 5.75 Å². The highest BCUT2D eigenvalue weighted by atomic mass is 19.2. The zero-order valence-electron chi connectivity index (χ0n) is 9.44. The second-order valence-electron chi connectivity index (χ2n) is 3.74. The van der Waals surface area contributed by atoms with Crippen LogP contribution in [0.4, 0.5) is 22.0 Å². The Labute approximate surface area is 104 Å². The van der Waals surface area contributed by atoms with Gasteiger partial charge >= 0.3 is 0 Å². The second-order valence-corrected chi connectivity index (χ2v) is 3.74. The summed E-state index contributed by atoms with van der Waals surface area (Å²) in [6, 6.07) is 0.959. The van der Waals surface area contributed by atoms with Crippen LogP contribution in [0.5, 0.6) is 5.75 Å². The summed E-state index contributed by atoms with van der Waals surface area (Å²) < 4.78 is 66.1. The first-order valence-electron chi connectivity index (χ1n) is 5.02. The lowest BCUT2D eigenvalue weighted by atomic mass is 10.0. The average molecular weight is 275 g/mol. The molecule has 2 rings (SSSR count). The molecule has 0 aliphatic carbocycles. The van der Waals surface area contributed by atoms with Crippen molar-refractivity contribution >= 4 is 0 Å². The maximum atomic E-state index is 13.5.